The number of nitrogens with one attached hydrogen (secondary N) is 2. The topological polar surface area (TPSA) is 84.7 Å². The number of ether oxygens (including phenoxy) is 1. The van der Waals surface area contributed by atoms with Crippen LogP contribution in [0, 0.1) is 0 Å². The van der Waals surface area contributed by atoms with E-state index in [0.717, 1.165) is 19.0 Å². The van der Waals surface area contributed by atoms with Crippen LogP contribution in [0.25, 0.3) is 0 Å². The van der Waals surface area contributed by atoms with E-state index in [1.54, 1.807) is 24.3 Å². The van der Waals surface area contributed by atoms with Gasteiger partial charge in [-0.25, -0.2) is 8.42 Å². The van der Waals surface area contributed by atoms with Gasteiger partial charge in [-0.15, -0.1) is 0 Å². The summed E-state index contributed by atoms with van der Waals surface area (Å²) in [5, 5.41) is 6.41. The molecule has 1 heterocycles. The molecule has 7 nitrogen and oxygen atoms in total. The third kappa shape index (κ3) is 6.79. The summed E-state index contributed by atoms with van der Waals surface area (Å²) in [6.07, 6.45) is 5.21. The lowest BCUT2D eigenvalue weighted by atomic mass is 10.3. The van der Waals surface area contributed by atoms with E-state index in [0.29, 0.717) is 25.4 Å². The third-order valence-electron chi connectivity index (χ3n) is 3.55. The van der Waals surface area contributed by atoms with Crippen LogP contribution in [-0.4, -0.2) is 51.4 Å². The van der Waals surface area contributed by atoms with E-state index < -0.39 is 9.84 Å². The molecule has 0 amide bonds. The number of guanidine groups is 1. The van der Waals surface area contributed by atoms with Crippen LogP contribution in [0.5, 0.6) is 5.75 Å². The first-order valence-electron chi connectivity index (χ1n) is 8.55. The molecular weight excluding hydrogens is 352 g/mol. The molecule has 8 heteroatoms. The van der Waals surface area contributed by atoms with Crippen molar-refractivity contribution in [1.82, 2.24) is 15.2 Å². The van der Waals surface area contributed by atoms with Gasteiger partial charge >= 0.3 is 0 Å². The minimum atomic E-state index is -3.18. The molecule has 0 aliphatic rings. The van der Waals surface area contributed by atoms with E-state index in [2.05, 4.69) is 20.2 Å². The Morgan fingerprint density at radius 3 is 2.46 bits per heavy atom. The Morgan fingerprint density at radius 1 is 1.15 bits per heavy atom. The van der Waals surface area contributed by atoms with Crippen LogP contribution in [0.3, 0.4) is 0 Å². The van der Waals surface area contributed by atoms with Gasteiger partial charge in [0.15, 0.2) is 15.8 Å². The number of hydrogen-bond donors (Lipinski definition) is 2. The zero-order valence-electron chi connectivity index (χ0n) is 15.2. The SMILES string of the molecule is CCNC(=NCCn1cccc1)NCCOc1ccc(S(C)(=O)=O)cc1. The van der Waals surface area contributed by atoms with Gasteiger partial charge in [0.1, 0.15) is 12.4 Å². The molecule has 0 radical (unpaired) electrons. The van der Waals surface area contributed by atoms with E-state index in [1.807, 2.05) is 31.5 Å². The molecular formula is C18H26N4O3S. The fourth-order valence-electron chi connectivity index (χ4n) is 2.26. The van der Waals surface area contributed by atoms with Gasteiger partial charge in [0, 0.05) is 31.7 Å². The molecule has 2 N–H and O–H groups in total. The second-order valence-corrected chi connectivity index (χ2v) is 7.72. The molecule has 2 rings (SSSR count). The maximum Gasteiger partial charge on any atom is 0.191 e. The largest absolute Gasteiger partial charge is 0.492 e. The van der Waals surface area contributed by atoms with Gasteiger partial charge in [0.25, 0.3) is 0 Å². The number of rotatable bonds is 9. The van der Waals surface area contributed by atoms with Gasteiger partial charge in [-0.1, -0.05) is 0 Å². The molecule has 1 aromatic carbocycles. The molecule has 1 aromatic heterocycles. The second-order valence-electron chi connectivity index (χ2n) is 5.70. The van der Waals surface area contributed by atoms with Crippen LogP contribution in [0.1, 0.15) is 6.92 Å². The van der Waals surface area contributed by atoms with Crippen molar-refractivity contribution in [3.8, 4) is 5.75 Å². The molecule has 0 aliphatic heterocycles. The summed E-state index contributed by atoms with van der Waals surface area (Å²) in [6.45, 7) is 5.33. The average molecular weight is 378 g/mol. The van der Waals surface area contributed by atoms with Crippen molar-refractivity contribution in [2.45, 2.75) is 18.4 Å². The summed E-state index contributed by atoms with van der Waals surface area (Å²) in [6, 6.07) is 10.4. The molecule has 0 aliphatic carbocycles. The molecule has 2 aromatic rings. The summed E-state index contributed by atoms with van der Waals surface area (Å²) in [7, 11) is -3.18. The summed E-state index contributed by atoms with van der Waals surface area (Å²) in [4.78, 5) is 4.81. The molecule has 0 saturated heterocycles. The maximum absolute atomic E-state index is 11.4. The van der Waals surface area contributed by atoms with Crippen molar-refractivity contribution in [2.75, 3.05) is 32.5 Å². The van der Waals surface area contributed by atoms with Gasteiger partial charge < -0.3 is 19.9 Å². The molecule has 0 saturated carbocycles. The van der Waals surface area contributed by atoms with Crippen LogP contribution in [0.2, 0.25) is 0 Å². The van der Waals surface area contributed by atoms with E-state index in [4.69, 9.17) is 4.74 Å². The lowest BCUT2D eigenvalue weighted by Crippen LogP contribution is -2.39. The monoisotopic (exact) mass is 378 g/mol. The Kier molecular flexibility index (Phi) is 7.53. The number of sulfone groups is 1. The second kappa shape index (κ2) is 9.86. The first kappa shape index (κ1) is 19.8. The minimum Gasteiger partial charge on any atom is -0.492 e. The average Bonchev–Trinajstić information content (AvgIpc) is 3.11. The number of nitrogens with zero attached hydrogens (tertiary/aromatic N) is 2. The van der Waals surface area contributed by atoms with Crippen LogP contribution < -0.4 is 15.4 Å². The van der Waals surface area contributed by atoms with Gasteiger partial charge in [0.2, 0.25) is 0 Å². The van der Waals surface area contributed by atoms with Crippen LogP contribution in [0.15, 0.2) is 58.7 Å². The molecule has 0 fully saturated rings. The van der Waals surface area contributed by atoms with Crippen molar-refractivity contribution in [3.63, 3.8) is 0 Å². The van der Waals surface area contributed by atoms with Gasteiger partial charge in [-0.2, -0.15) is 0 Å². The first-order valence-corrected chi connectivity index (χ1v) is 10.4. The Morgan fingerprint density at radius 2 is 1.85 bits per heavy atom. The summed E-state index contributed by atoms with van der Waals surface area (Å²) < 4.78 is 30.6. The zero-order chi connectivity index (χ0) is 18.8. The fourth-order valence-corrected chi connectivity index (χ4v) is 2.89. The lowest BCUT2D eigenvalue weighted by Gasteiger charge is -2.12. The Labute approximate surface area is 155 Å². The Bertz CT molecular complexity index is 784. The molecule has 26 heavy (non-hydrogen) atoms. The van der Waals surface area contributed by atoms with Crippen molar-refractivity contribution >= 4 is 15.8 Å². The lowest BCUT2D eigenvalue weighted by molar-refractivity contribution is 0.321. The van der Waals surface area contributed by atoms with Crippen LogP contribution in [0.4, 0.5) is 0 Å². The van der Waals surface area contributed by atoms with Crippen molar-refractivity contribution in [3.05, 3.63) is 48.8 Å². The van der Waals surface area contributed by atoms with Gasteiger partial charge in [0.05, 0.1) is 18.0 Å². The molecule has 0 atom stereocenters. The van der Waals surface area contributed by atoms with E-state index in [-0.39, 0.29) is 4.90 Å². The minimum absolute atomic E-state index is 0.284. The first-order chi connectivity index (χ1) is 12.5. The smallest absolute Gasteiger partial charge is 0.191 e. The quantitative estimate of drug-likeness (QED) is 0.393. The van der Waals surface area contributed by atoms with Gasteiger partial charge in [-0.05, 0) is 43.3 Å². The highest BCUT2D eigenvalue weighted by Gasteiger charge is 2.06. The zero-order valence-corrected chi connectivity index (χ0v) is 16.0. The third-order valence-corrected chi connectivity index (χ3v) is 4.68. The van der Waals surface area contributed by atoms with Crippen molar-refractivity contribution < 1.29 is 13.2 Å². The normalized spacial score (nSPS) is 12.0. The van der Waals surface area contributed by atoms with E-state index in [1.165, 1.54) is 6.26 Å². The van der Waals surface area contributed by atoms with Crippen LogP contribution in [-0.2, 0) is 16.4 Å². The number of aliphatic imine (C=N–C) groups is 1. The summed E-state index contributed by atoms with van der Waals surface area (Å²) in [5.41, 5.74) is 0. The molecule has 0 bridgehead atoms. The van der Waals surface area contributed by atoms with Crippen molar-refractivity contribution in [1.29, 1.82) is 0 Å². The number of benzene rings is 1. The maximum atomic E-state index is 11.4. The van der Waals surface area contributed by atoms with E-state index in [9.17, 15) is 8.42 Å². The molecule has 0 spiro atoms. The Hall–Kier alpha value is -2.48. The summed E-state index contributed by atoms with van der Waals surface area (Å²) in [5.74, 6) is 1.38. The highest BCUT2D eigenvalue weighted by Crippen LogP contribution is 2.15. The van der Waals surface area contributed by atoms with E-state index >= 15 is 0 Å². The predicted molar refractivity (Wildman–Crippen MR) is 103 cm³/mol. The Balaban J connectivity index is 1.74. The van der Waals surface area contributed by atoms with Crippen LogP contribution >= 0.6 is 0 Å². The number of hydrogen-bond acceptors (Lipinski definition) is 4. The molecule has 0 unspecified atom stereocenters. The summed E-state index contributed by atoms with van der Waals surface area (Å²) >= 11 is 0. The molecule has 142 valence electrons. The standard InChI is InChI=1S/C18H26N4O3S/c1-3-19-18(20-10-14-22-12-4-5-13-22)21-11-15-25-16-6-8-17(9-7-16)26(2,23)24/h4-9,12-13H,3,10-11,14-15H2,1-2H3,(H2,19,20,21). The predicted octanol–water partition coefficient (Wildman–Crippen LogP) is 1.53. The fraction of sp³-hybridized carbons (Fsp3) is 0.389. The number of aromatic nitrogens is 1. The highest BCUT2D eigenvalue weighted by atomic mass is 32.2. The highest BCUT2D eigenvalue weighted by molar-refractivity contribution is 7.90. The van der Waals surface area contributed by atoms with Crippen molar-refractivity contribution in [2.24, 2.45) is 4.99 Å². The van der Waals surface area contributed by atoms with Gasteiger partial charge in [-0.3, -0.25) is 4.99 Å².